The molecule has 1 N–H and O–H groups in total. The molecular weight excluding hydrogens is 262 g/mol. The largest absolute Gasteiger partial charge is 0.494 e. The monoisotopic (exact) mass is 279 g/mol. The predicted octanol–water partition coefficient (Wildman–Crippen LogP) is 2.65. The Balaban J connectivity index is 2.28. The van der Waals surface area contributed by atoms with Crippen molar-refractivity contribution in [3.8, 4) is 17.1 Å². The molecule has 2 aromatic rings. The van der Waals surface area contributed by atoms with Crippen LogP contribution in [0.1, 0.15) is 6.92 Å². The van der Waals surface area contributed by atoms with Crippen molar-refractivity contribution in [3.63, 3.8) is 0 Å². The molecule has 0 fully saturated rings. The second kappa shape index (κ2) is 6.49. The quantitative estimate of drug-likeness (QED) is 0.826. The summed E-state index contributed by atoms with van der Waals surface area (Å²) in [5, 5.41) is 7.08. The van der Waals surface area contributed by atoms with Crippen LogP contribution in [-0.2, 0) is 11.3 Å². The van der Waals surface area contributed by atoms with Crippen LogP contribution in [0.15, 0.2) is 24.3 Å². The Morgan fingerprint density at radius 3 is 2.68 bits per heavy atom. The van der Waals surface area contributed by atoms with Gasteiger partial charge in [0.15, 0.2) is 10.6 Å². The number of aromatic amines is 1. The van der Waals surface area contributed by atoms with Gasteiger partial charge in [-0.3, -0.25) is 9.67 Å². The molecule has 1 aromatic carbocycles. The van der Waals surface area contributed by atoms with E-state index in [1.165, 1.54) is 0 Å². The molecule has 5 nitrogen and oxygen atoms in total. The smallest absolute Gasteiger partial charge is 0.195 e. The van der Waals surface area contributed by atoms with E-state index < -0.39 is 0 Å². The van der Waals surface area contributed by atoms with E-state index in [0.29, 0.717) is 24.5 Å². The van der Waals surface area contributed by atoms with Crippen LogP contribution < -0.4 is 4.74 Å². The fraction of sp³-hybridized carbons (Fsp3) is 0.385. The highest BCUT2D eigenvalue weighted by Crippen LogP contribution is 2.21. The van der Waals surface area contributed by atoms with Crippen LogP contribution >= 0.6 is 12.2 Å². The normalized spacial score (nSPS) is 10.6. The third kappa shape index (κ3) is 3.21. The lowest BCUT2D eigenvalue weighted by Gasteiger charge is -2.07. The topological polar surface area (TPSA) is 52.1 Å². The zero-order valence-corrected chi connectivity index (χ0v) is 11.9. The van der Waals surface area contributed by atoms with E-state index in [1.807, 2.05) is 35.8 Å². The summed E-state index contributed by atoms with van der Waals surface area (Å²) < 4.78 is 13.0. The highest BCUT2D eigenvalue weighted by Gasteiger charge is 2.08. The predicted molar refractivity (Wildman–Crippen MR) is 75.9 cm³/mol. The fourth-order valence-electron chi connectivity index (χ4n) is 1.79. The van der Waals surface area contributed by atoms with Crippen molar-refractivity contribution >= 4 is 12.2 Å². The molecule has 6 heteroatoms. The third-order valence-electron chi connectivity index (χ3n) is 2.70. The van der Waals surface area contributed by atoms with Gasteiger partial charge in [-0.1, -0.05) is 0 Å². The van der Waals surface area contributed by atoms with Gasteiger partial charge in [0, 0.05) is 12.7 Å². The number of hydrogen-bond acceptors (Lipinski definition) is 4. The average molecular weight is 279 g/mol. The SMILES string of the molecule is CCOc1ccc(-c2n[nH]c(=S)n2CCOC)cc1. The van der Waals surface area contributed by atoms with Crippen LogP contribution in [0.3, 0.4) is 0 Å². The summed E-state index contributed by atoms with van der Waals surface area (Å²) in [5.41, 5.74) is 0.993. The number of aromatic nitrogens is 3. The van der Waals surface area contributed by atoms with Gasteiger partial charge in [-0.2, -0.15) is 5.10 Å². The second-order valence-electron chi connectivity index (χ2n) is 3.95. The molecular formula is C13H17N3O2S. The zero-order chi connectivity index (χ0) is 13.7. The summed E-state index contributed by atoms with van der Waals surface area (Å²) in [4.78, 5) is 0. The number of nitrogens with one attached hydrogen (secondary N) is 1. The van der Waals surface area contributed by atoms with Gasteiger partial charge in [-0.15, -0.1) is 0 Å². The first-order valence-electron chi connectivity index (χ1n) is 6.13. The molecule has 0 bridgehead atoms. The van der Waals surface area contributed by atoms with E-state index in [1.54, 1.807) is 7.11 Å². The summed E-state index contributed by atoms with van der Waals surface area (Å²) in [6, 6.07) is 7.80. The molecule has 0 saturated heterocycles. The van der Waals surface area contributed by atoms with Crippen LogP contribution in [-0.4, -0.2) is 35.1 Å². The number of benzene rings is 1. The van der Waals surface area contributed by atoms with Crippen LogP contribution in [0.5, 0.6) is 5.75 Å². The number of H-pyrrole nitrogens is 1. The molecule has 0 radical (unpaired) electrons. The molecule has 2 rings (SSSR count). The Morgan fingerprint density at radius 2 is 2.05 bits per heavy atom. The van der Waals surface area contributed by atoms with Crippen LogP contribution in [0.2, 0.25) is 0 Å². The Labute approximate surface area is 117 Å². The van der Waals surface area contributed by atoms with Crippen LogP contribution in [0.25, 0.3) is 11.4 Å². The summed E-state index contributed by atoms with van der Waals surface area (Å²) in [7, 11) is 1.67. The van der Waals surface area contributed by atoms with E-state index in [9.17, 15) is 0 Å². The molecule has 0 unspecified atom stereocenters. The first-order valence-corrected chi connectivity index (χ1v) is 6.54. The minimum absolute atomic E-state index is 0.595. The van der Waals surface area contributed by atoms with Gasteiger partial charge in [-0.25, -0.2) is 0 Å². The lowest BCUT2D eigenvalue weighted by atomic mass is 10.2. The first-order chi connectivity index (χ1) is 9.26. The molecule has 1 aromatic heterocycles. The van der Waals surface area contributed by atoms with Gasteiger partial charge in [0.2, 0.25) is 0 Å². The number of ether oxygens (including phenoxy) is 2. The molecule has 0 spiro atoms. The van der Waals surface area contributed by atoms with Gasteiger partial charge < -0.3 is 9.47 Å². The molecule has 0 atom stereocenters. The van der Waals surface area contributed by atoms with Gasteiger partial charge in [0.05, 0.1) is 19.8 Å². The van der Waals surface area contributed by atoms with E-state index in [0.717, 1.165) is 17.1 Å². The van der Waals surface area contributed by atoms with Gasteiger partial charge in [0.25, 0.3) is 0 Å². The third-order valence-corrected chi connectivity index (χ3v) is 3.01. The summed E-state index contributed by atoms with van der Waals surface area (Å²) in [6.07, 6.45) is 0. The highest BCUT2D eigenvalue weighted by atomic mass is 32.1. The molecule has 102 valence electrons. The molecule has 1 heterocycles. The Hall–Kier alpha value is -1.66. The number of nitrogens with zero attached hydrogens (tertiary/aromatic N) is 2. The molecule has 0 aliphatic rings. The van der Waals surface area contributed by atoms with Crippen molar-refractivity contribution in [1.82, 2.24) is 14.8 Å². The Morgan fingerprint density at radius 1 is 1.32 bits per heavy atom. The summed E-state index contributed by atoms with van der Waals surface area (Å²) >= 11 is 5.22. The van der Waals surface area contributed by atoms with E-state index in [2.05, 4.69) is 10.2 Å². The van der Waals surface area contributed by atoms with E-state index in [-0.39, 0.29) is 0 Å². The molecule has 19 heavy (non-hydrogen) atoms. The summed E-state index contributed by atoms with van der Waals surface area (Å²) in [6.45, 7) is 3.89. The van der Waals surface area contributed by atoms with Gasteiger partial charge in [0.1, 0.15) is 5.75 Å². The maximum atomic E-state index is 5.42. The van der Waals surface area contributed by atoms with Crippen molar-refractivity contribution in [1.29, 1.82) is 0 Å². The minimum atomic E-state index is 0.595. The van der Waals surface area contributed by atoms with Crippen molar-refractivity contribution in [3.05, 3.63) is 29.0 Å². The highest BCUT2D eigenvalue weighted by molar-refractivity contribution is 7.71. The van der Waals surface area contributed by atoms with Crippen molar-refractivity contribution in [2.24, 2.45) is 0 Å². The maximum absolute atomic E-state index is 5.42. The lowest BCUT2D eigenvalue weighted by Crippen LogP contribution is -2.06. The number of methoxy groups -OCH3 is 1. The molecule has 0 aliphatic carbocycles. The van der Waals surface area contributed by atoms with Crippen LogP contribution in [0.4, 0.5) is 0 Å². The maximum Gasteiger partial charge on any atom is 0.195 e. The fourth-order valence-corrected chi connectivity index (χ4v) is 2.02. The van der Waals surface area contributed by atoms with E-state index >= 15 is 0 Å². The lowest BCUT2D eigenvalue weighted by molar-refractivity contribution is 0.187. The van der Waals surface area contributed by atoms with Gasteiger partial charge >= 0.3 is 0 Å². The van der Waals surface area contributed by atoms with Crippen molar-refractivity contribution < 1.29 is 9.47 Å². The molecule has 0 amide bonds. The Kier molecular flexibility index (Phi) is 4.70. The van der Waals surface area contributed by atoms with E-state index in [4.69, 9.17) is 21.7 Å². The summed E-state index contributed by atoms with van der Waals surface area (Å²) in [5.74, 6) is 1.66. The second-order valence-corrected chi connectivity index (χ2v) is 4.34. The number of rotatable bonds is 6. The number of hydrogen-bond donors (Lipinski definition) is 1. The average Bonchev–Trinajstić information content (AvgIpc) is 2.79. The Bertz CT molecular complexity index is 574. The van der Waals surface area contributed by atoms with Crippen molar-refractivity contribution in [2.45, 2.75) is 13.5 Å². The van der Waals surface area contributed by atoms with Crippen molar-refractivity contribution in [2.75, 3.05) is 20.3 Å². The standard InChI is InChI=1S/C13H17N3O2S/c1-3-18-11-6-4-10(5-7-11)12-14-15-13(19)16(12)8-9-17-2/h4-7H,3,8-9H2,1-2H3,(H,15,19). The zero-order valence-electron chi connectivity index (χ0n) is 11.0. The molecule has 0 saturated carbocycles. The first kappa shape index (κ1) is 13.8. The van der Waals surface area contributed by atoms with Crippen LogP contribution in [0, 0.1) is 4.77 Å². The molecule has 0 aliphatic heterocycles. The van der Waals surface area contributed by atoms with Gasteiger partial charge in [-0.05, 0) is 43.4 Å². The minimum Gasteiger partial charge on any atom is -0.494 e.